The summed E-state index contributed by atoms with van der Waals surface area (Å²) in [6, 6.07) is 0. The minimum Gasteiger partial charge on any atom is -1.00 e. The van der Waals surface area contributed by atoms with Crippen LogP contribution in [0.15, 0.2) is 0 Å². The van der Waals surface area contributed by atoms with E-state index in [2.05, 4.69) is 0 Å². The molecule has 0 rings (SSSR count). The zero-order valence-electron chi connectivity index (χ0n) is 8.11. The molecule has 0 spiro atoms. The van der Waals surface area contributed by atoms with Gasteiger partial charge >= 0.3 is 42.9 Å². The van der Waals surface area contributed by atoms with E-state index in [0.717, 1.165) is 0 Å². The van der Waals surface area contributed by atoms with Gasteiger partial charge in [-0.1, -0.05) is 0 Å². The molecule has 0 aromatic carbocycles. The first-order chi connectivity index (χ1) is 2.94. The van der Waals surface area contributed by atoms with Gasteiger partial charge < -0.3 is 49.2 Å². The van der Waals surface area contributed by atoms with Crippen molar-refractivity contribution >= 4 is 13.3 Å². The van der Waals surface area contributed by atoms with Crippen LogP contribution in [0.5, 0.6) is 0 Å². The second-order valence-electron chi connectivity index (χ2n) is 0.827. The normalized spacial score (nSPS) is 5.57. The van der Waals surface area contributed by atoms with Gasteiger partial charge in [-0.3, -0.25) is 0 Å². The SMILES string of the molecule is O.O.O.O.O.O.O=C(O)P(=O)(O)O.[H-].[Na+]. The third-order valence-corrected chi connectivity index (χ3v) is 0.748. The Labute approximate surface area is 102 Å². The molecule has 0 aliphatic rings. The fourth-order valence-electron chi connectivity index (χ4n) is 0. The van der Waals surface area contributed by atoms with Crippen molar-refractivity contribution in [1.82, 2.24) is 0 Å². The number of carboxylic acid groups (broad SMARTS) is 1. The topological polar surface area (TPSA) is 284 Å². The molecule has 0 fully saturated rings. The third-order valence-electron chi connectivity index (χ3n) is 0.249. The van der Waals surface area contributed by atoms with Crippen LogP contribution in [0.1, 0.15) is 1.43 Å². The molecule has 0 saturated carbocycles. The summed E-state index contributed by atoms with van der Waals surface area (Å²) < 4.78 is 9.43. The molecule has 0 atom stereocenters. The molecular formula is CH16NaO11P. The van der Waals surface area contributed by atoms with Crippen LogP contribution in [-0.2, 0) is 4.57 Å². The number of carbonyl (C=O) groups is 1. The maximum Gasteiger partial charge on any atom is 1.00 e. The van der Waals surface area contributed by atoms with Crippen molar-refractivity contribution in [2.24, 2.45) is 0 Å². The fourth-order valence-corrected chi connectivity index (χ4v) is 0. The van der Waals surface area contributed by atoms with E-state index >= 15 is 0 Å². The van der Waals surface area contributed by atoms with Crippen LogP contribution in [0.2, 0.25) is 0 Å². The summed E-state index contributed by atoms with van der Waals surface area (Å²) in [6.45, 7) is 0. The summed E-state index contributed by atoms with van der Waals surface area (Å²) in [4.78, 5) is 24.5. The molecule has 0 bridgehead atoms. The Kier molecular flexibility index (Phi) is 105. The van der Waals surface area contributed by atoms with Crippen LogP contribution in [0.4, 0.5) is 4.79 Å². The van der Waals surface area contributed by atoms with Crippen molar-refractivity contribution in [3.63, 3.8) is 0 Å². The minimum absolute atomic E-state index is 0. The van der Waals surface area contributed by atoms with Crippen LogP contribution in [-0.4, -0.2) is 53.5 Å². The van der Waals surface area contributed by atoms with E-state index in [1.165, 1.54) is 0 Å². The molecule has 11 nitrogen and oxygen atoms in total. The van der Waals surface area contributed by atoms with Crippen LogP contribution in [0.3, 0.4) is 0 Å². The van der Waals surface area contributed by atoms with Gasteiger partial charge in [0.1, 0.15) is 0 Å². The number of hydrogen-bond donors (Lipinski definition) is 3. The van der Waals surface area contributed by atoms with E-state index in [-0.39, 0.29) is 63.8 Å². The fraction of sp³-hybridized carbons (Fsp3) is 0. The Morgan fingerprint density at radius 1 is 0.929 bits per heavy atom. The van der Waals surface area contributed by atoms with Crippen molar-refractivity contribution in [1.29, 1.82) is 0 Å². The van der Waals surface area contributed by atoms with Crippen molar-refractivity contribution in [2.45, 2.75) is 0 Å². The summed E-state index contributed by atoms with van der Waals surface area (Å²) >= 11 is 0. The van der Waals surface area contributed by atoms with Crippen molar-refractivity contribution in [2.75, 3.05) is 0 Å². The van der Waals surface area contributed by atoms with Gasteiger partial charge in [-0.25, -0.2) is 9.36 Å². The number of rotatable bonds is 1. The van der Waals surface area contributed by atoms with Gasteiger partial charge in [0.2, 0.25) is 0 Å². The minimum atomic E-state index is -4.82. The van der Waals surface area contributed by atoms with Crippen LogP contribution < -0.4 is 29.6 Å². The predicted octanol–water partition coefficient (Wildman–Crippen LogP) is -7.99. The van der Waals surface area contributed by atoms with Crippen molar-refractivity contribution < 1.29 is 88.1 Å². The summed E-state index contributed by atoms with van der Waals surface area (Å²) in [7, 11) is -4.82. The van der Waals surface area contributed by atoms with Gasteiger partial charge in [-0.2, -0.15) is 0 Å². The van der Waals surface area contributed by atoms with Gasteiger partial charge in [-0.05, 0) is 0 Å². The first-order valence-corrected chi connectivity index (χ1v) is 2.85. The van der Waals surface area contributed by atoms with Gasteiger partial charge in [0, 0.05) is 0 Å². The van der Waals surface area contributed by atoms with Crippen LogP contribution in [0.25, 0.3) is 0 Å². The predicted molar refractivity (Wildman–Crippen MR) is 42.9 cm³/mol. The average molecular weight is 258 g/mol. The van der Waals surface area contributed by atoms with Gasteiger partial charge in [0.15, 0.2) is 0 Å². The van der Waals surface area contributed by atoms with Gasteiger partial charge in [0.25, 0.3) is 0 Å². The third kappa shape index (κ3) is 39.4. The summed E-state index contributed by atoms with van der Waals surface area (Å²) in [5.41, 5.74) is -2.09. The zero-order valence-corrected chi connectivity index (χ0v) is 10.00. The Balaban J connectivity index is -0.00000000643. The quantitative estimate of drug-likeness (QED) is 0.303. The Morgan fingerprint density at radius 2 is 1.00 bits per heavy atom. The molecule has 0 aromatic heterocycles. The van der Waals surface area contributed by atoms with E-state index in [1.54, 1.807) is 0 Å². The van der Waals surface area contributed by atoms with E-state index in [0.29, 0.717) is 0 Å². The van der Waals surface area contributed by atoms with E-state index in [9.17, 15) is 9.36 Å². The largest absolute Gasteiger partial charge is 1.00 e. The Bertz CT molecular complexity index is 133. The molecule has 0 aromatic rings. The first kappa shape index (κ1) is 63.2. The molecule has 0 aliphatic carbocycles. The maximum atomic E-state index is 9.43. The van der Waals surface area contributed by atoms with E-state index in [4.69, 9.17) is 14.9 Å². The van der Waals surface area contributed by atoms with Crippen molar-refractivity contribution in [3.8, 4) is 0 Å². The molecule has 15 N–H and O–H groups in total. The van der Waals surface area contributed by atoms with Crippen molar-refractivity contribution in [3.05, 3.63) is 0 Å². The molecule has 13 heteroatoms. The van der Waals surface area contributed by atoms with Gasteiger partial charge in [0.05, 0.1) is 0 Å². The van der Waals surface area contributed by atoms with E-state index in [1.807, 2.05) is 0 Å². The Morgan fingerprint density at radius 3 is 1.00 bits per heavy atom. The average Bonchev–Trinajstić information content (AvgIpc) is 1.31. The summed E-state index contributed by atoms with van der Waals surface area (Å²) in [6.07, 6.45) is 0. The molecule has 92 valence electrons. The molecule has 0 heterocycles. The monoisotopic (exact) mass is 258 g/mol. The Hall–Kier alpha value is 0.380. The smallest absolute Gasteiger partial charge is 1.00 e. The summed E-state index contributed by atoms with van der Waals surface area (Å²) in [5.74, 6) is 0. The molecule has 0 saturated heterocycles. The first-order valence-electron chi connectivity index (χ1n) is 1.23. The molecule has 0 unspecified atom stereocenters. The second kappa shape index (κ2) is 23.3. The maximum absolute atomic E-state index is 9.43. The van der Waals surface area contributed by atoms with Gasteiger partial charge in [-0.15, -0.1) is 0 Å². The van der Waals surface area contributed by atoms with E-state index < -0.39 is 13.3 Å². The summed E-state index contributed by atoms with van der Waals surface area (Å²) in [5, 5.41) is 7.49. The standard InChI is InChI=1S/CH3O5P.Na.6H2O.H/c2-1(3)7(4,5)6;;;;;;;;/h(H,2,3)(H2,4,5,6);;6*1H2;/q;+1;;;;;;;-1. The van der Waals surface area contributed by atoms with Crippen LogP contribution in [0, 0.1) is 0 Å². The molecule has 14 heavy (non-hydrogen) atoms. The van der Waals surface area contributed by atoms with Crippen LogP contribution >= 0.6 is 7.60 Å². The number of hydrogen-bond acceptors (Lipinski definition) is 2. The molecule has 0 radical (unpaired) electrons. The molecular weight excluding hydrogens is 242 g/mol. The second-order valence-corrected chi connectivity index (χ2v) is 2.30. The molecule has 0 amide bonds. The zero-order chi connectivity index (χ0) is 6.08. The molecule has 0 aliphatic heterocycles.